The standard InChI is InChI=1S/C9H7BrClN/c1-12-5-6(10)9-7(11)3-2-4-8(9)12/h2-5H,1H3. The Bertz CT molecular complexity index is 433. The Hall–Kier alpha value is -0.470. The molecular weight excluding hydrogens is 237 g/mol. The van der Waals surface area contributed by atoms with Crippen LogP contribution in [0.1, 0.15) is 0 Å². The lowest BCUT2D eigenvalue weighted by atomic mass is 10.2. The zero-order chi connectivity index (χ0) is 8.72. The smallest absolute Gasteiger partial charge is 0.0511 e. The van der Waals surface area contributed by atoms with Crippen molar-refractivity contribution in [1.82, 2.24) is 4.57 Å². The highest BCUT2D eigenvalue weighted by atomic mass is 79.9. The van der Waals surface area contributed by atoms with Crippen molar-refractivity contribution < 1.29 is 0 Å². The van der Waals surface area contributed by atoms with Gasteiger partial charge in [-0.1, -0.05) is 17.7 Å². The third-order valence-electron chi connectivity index (χ3n) is 1.92. The van der Waals surface area contributed by atoms with Crippen LogP contribution in [0.5, 0.6) is 0 Å². The molecule has 0 radical (unpaired) electrons. The summed E-state index contributed by atoms with van der Waals surface area (Å²) in [5, 5.41) is 1.88. The normalized spacial score (nSPS) is 10.9. The summed E-state index contributed by atoms with van der Waals surface area (Å²) in [6.45, 7) is 0. The van der Waals surface area contributed by atoms with E-state index in [4.69, 9.17) is 11.6 Å². The van der Waals surface area contributed by atoms with Crippen LogP contribution < -0.4 is 0 Å². The van der Waals surface area contributed by atoms with Crippen LogP contribution in [0.2, 0.25) is 5.02 Å². The van der Waals surface area contributed by atoms with Crippen LogP contribution in [0.25, 0.3) is 10.9 Å². The molecule has 2 aromatic rings. The van der Waals surface area contributed by atoms with Crippen molar-refractivity contribution >= 4 is 38.4 Å². The van der Waals surface area contributed by atoms with Crippen LogP contribution in [0.15, 0.2) is 28.9 Å². The number of hydrogen-bond donors (Lipinski definition) is 0. The number of nitrogens with zero attached hydrogens (tertiary/aromatic N) is 1. The van der Waals surface area contributed by atoms with Crippen LogP contribution in [0.3, 0.4) is 0 Å². The first-order valence-corrected chi connectivity index (χ1v) is 4.76. The summed E-state index contributed by atoms with van der Waals surface area (Å²) >= 11 is 9.50. The molecule has 0 N–H and O–H groups in total. The molecule has 62 valence electrons. The van der Waals surface area contributed by atoms with Gasteiger partial charge in [-0.15, -0.1) is 0 Å². The van der Waals surface area contributed by atoms with E-state index in [0.29, 0.717) is 0 Å². The van der Waals surface area contributed by atoms with Gasteiger partial charge in [0.25, 0.3) is 0 Å². The molecular formula is C9H7BrClN. The van der Waals surface area contributed by atoms with Crippen LogP contribution in [0, 0.1) is 0 Å². The van der Waals surface area contributed by atoms with Gasteiger partial charge in [-0.25, -0.2) is 0 Å². The molecule has 0 unspecified atom stereocenters. The first-order valence-electron chi connectivity index (χ1n) is 3.59. The number of halogens is 2. The maximum atomic E-state index is 6.03. The predicted octanol–water partition coefficient (Wildman–Crippen LogP) is 3.59. The van der Waals surface area contributed by atoms with E-state index in [-0.39, 0.29) is 0 Å². The zero-order valence-electron chi connectivity index (χ0n) is 6.51. The molecule has 1 aromatic heterocycles. The van der Waals surface area contributed by atoms with Gasteiger partial charge < -0.3 is 4.57 Å². The second-order valence-electron chi connectivity index (χ2n) is 2.72. The maximum Gasteiger partial charge on any atom is 0.0511 e. The molecule has 1 nitrogen and oxygen atoms in total. The van der Waals surface area contributed by atoms with Gasteiger partial charge in [-0.05, 0) is 28.1 Å². The van der Waals surface area contributed by atoms with Crippen LogP contribution in [-0.4, -0.2) is 4.57 Å². The summed E-state index contributed by atoms with van der Waals surface area (Å²) in [6.07, 6.45) is 2.01. The lowest BCUT2D eigenvalue weighted by Crippen LogP contribution is -1.82. The minimum atomic E-state index is 0.792. The first-order chi connectivity index (χ1) is 5.70. The fourth-order valence-corrected chi connectivity index (χ4v) is 2.46. The molecule has 0 aliphatic carbocycles. The fraction of sp³-hybridized carbons (Fsp3) is 0.111. The van der Waals surface area contributed by atoms with E-state index in [0.717, 1.165) is 20.4 Å². The minimum absolute atomic E-state index is 0.792. The molecule has 0 saturated heterocycles. The molecule has 0 aliphatic rings. The molecule has 0 amide bonds. The van der Waals surface area contributed by atoms with Gasteiger partial charge in [-0.2, -0.15) is 0 Å². The van der Waals surface area contributed by atoms with E-state index >= 15 is 0 Å². The van der Waals surface area contributed by atoms with Crippen molar-refractivity contribution in [3.63, 3.8) is 0 Å². The molecule has 0 saturated carbocycles. The number of benzene rings is 1. The van der Waals surface area contributed by atoms with Crippen LogP contribution in [-0.2, 0) is 7.05 Å². The van der Waals surface area contributed by atoms with E-state index in [9.17, 15) is 0 Å². The molecule has 1 heterocycles. The van der Waals surface area contributed by atoms with Gasteiger partial charge in [0.1, 0.15) is 0 Å². The molecule has 0 aliphatic heterocycles. The summed E-state index contributed by atoms with van der Waals surface area (Å²) in [4.78, 5) is 0. The van der Waals surface area contributed by atoms with Gasteiger partial charge in [0.2, 0.25) is 0 Å². The van der Waals surface area contributed by atoms with Crippen molar-refractivity contribution in [2.45, 2.75) is 0 Å². The zero-order valence-corrected chi connectivity index (χ0v) is 8.85. The third-order valence-corrected chi connectivity index (χ3v) is 2.83. The average molecular weight is 245 g/mol. The molecule has 0 bridgehead atoms. The number of hydrogen-bond acceptors (Lipinski definition) is 0. The SMILES string of the molecule is Cn1cc(Br)c2c(Cl)cccc21. The third kappa shape index (κ3) is 1.06. The Morgan fingerprint density at radius 2 is 2.17 bits per heavy atom. The van der Waals surface area contributed by atoms with Crippen molar-refractivity contribution in [3.05, 3.63) is 33.9 Å². The summed E-state index contributed by atoms with van der Waals surface area (Å²) in [6, 6.07) is 5.90. The number of aromatic nitrogens is 1. The van der Waals surface area contributed by atoms with Crippen LogP contribution in [0.4, 0.5) is 0 Å². The van der Waals surface area contributed by atoms with Gasteiger partial charge in [-0.3, -0.25) is 0 Å². The van der Waals surface area contributed by atoms with Gasteiger partial charge >= 0.3 is 0 Å². The maximum absolute atomic E-state index is 6.03. The van der Waals surface area contributed by atoms with E-state index in [1.54, 1.807) is 0 Å². The Morgan fingerprint density at radius 3 is 2.83 bits per heavy atom. The van der Waals surface area contributed by atoms with E-state index in [2.05, 4.69) is 15.9 Å². The van der Waals surface area contributed by atoms with E-state index in [1.807, 2.05) is 36.0 Å². The number of rotatable bonds is 0. The minimum Gasteiger partial charge on any atom is -0.349 e. The number of fused-ring (bicyclic) bond motifs is 1. The van der Waals surface area contributed by atoms with Crippen molar-refractivity contribution in [3.8, 4) is 0 Å². The average Bonchev–Trinajstić information content (AvgIpc) is 2.29. The first kappa shape index (κ1) is 8.14. The molecule has 12 heavy (non-hydrogen) atoms. The molecule has 1 aromatic carbocycles. The largest absolute Gasteiger partial charge is 0.349 e. The highest BCUT2D eigenvalue weighted by molar-refractivity contribution is 9.10. The van der Waals surface area contributed by atoms with Crippen LogP contribution >= 0.6 is 27.5 Å². The summed E-state index contributed by atoms with van der Waals surface area (Å²) in [5.41, 5.74) is 1.15. The van der Waals surface area contributed by atoms with Gasteiger partial charge in [0, 0.05) is 23.1 Å². The number of aryl methyl sites for hydroxylation is 1. The Morgan fingerprint density at radius 1 is 1.42 bits per heavy atom. The monoisotopic (exact) mass is 243 g/mol. The Kier molecular flexibility index (Phi) is 1.89. The molecule has 0 fully saturated rings. The summed E-state index contributed by atoms with van der Waals surface area (Å²) in [7, 11) is 2.00. The Balaban J connectivity index is 2.99. The second kappa shape index (κ2) is 2.79. The van der Waals surface area contributed by atoms with Crippen molar-refractivity contribution in [2.24, 2.45) is 7.05 Å². The fourth-order valence-electron chi connectivity index (χ4n) is 1.35. The lowest BCUT2D eigenvalue weighted by molar-refractivity contribution is 0.966. The highest BCUT2D eigenvalue weighted by Crippen LogP contribution is 2.31. The van der Waals surface area contributed by atoms with Gasteiger partial charge in [0.15, 0.2) is 0 Å². The second-order valence-corrected chi connectivity index (χ2v) is 3.98. The summed E-state index contributed by atoms with van der Waals surface area (Å²) < 4.78 is 3.09. The van der Waals surface area contributed by atoms with Crippen molar-refractivity contribution in [1.29, 1.82) is 0 Å². The van der Waals surface area contributed by atoms with E-state index in [1.165, 1.54) is 0 Å². The van der Waals surface area contributed by atoms with Gasteiger partial charge in [0.05, 0.1) is 10.5 Å². The van der Waals surface area contributed by atoms with Crippen molar-refractivity contribution in [2.75, 3.05) is 0 Å². The summed E-state index contributed by atoms with van der Waals surface area (Å²) in [5.74, 6) is 0. The quantitative estimate of drug-likeness (QED) is 0.667. The Labute approximate surface area is 84.1 Å². The highest BCUT2D eigenvalue weighted by Gasteiger charge is 2.06. The lowest BCUT2D eigenvalue weighted by Gasteiger charge is -1.95. The molecule has 0 atom stereocenters. The molecule has 0 spiro atoms. The molecule has 2 rings (SSSR count). The topological polar surface area (TPSA) is 4.93 Å². The van der Waals surface area contributed by atoms with E-state index < -0.39 is 0 Å². The predicted molar refractivity (Wildman–Crippen MR) is 55.6 cm³/mol. The molecule has 3 heteroatoms.